The quantitative estimate of drug-likeness (QED) is 0.930. The standard InChI is InChI=1S/C19H28N2O/c1-15-14-20-11-12-21(15)19(22)13-16-7-9-18(10-8-16)17-5-3-2-4-6-17/h2-6,15-16,18,20H,7-14H2,1H3. The molecule has 120 valence electrons. The van der Waals surface area contributed by atoms with Crippen LogP contribution in [0.2, 0.25) is 0 Å². The Hall–Kier alpha value is -1.35. The average molecular weight is 300 g/mol. The van der Waals surface area contributed by atoms with Crippen LogP contribution in [0.3, 0.4) is 0 Å². The number of hydrogen-bond donors (Lipinski definition) is 1. The second kappa shape index (κ2) is 7.28. The first-order valence-corrected chi connectivity index (χ1v) is 8.79. The maximum atomic E-state index is 12.5. The molecular weight excluding hydrogens is 272 g/mol. The first-order chi connectivity index (χ1) is 10.7. The summed E-state index contributed by atoms with van der Waals surface area (Å²) in [7, 11) is 0. The molecule has 0 bridgehead atoms. The smallest absolute Gasteiger partial charge is 0.223 e. The van der Waals surface area contributed by atoms with Crippen LogP contribution >= 0.6 is 0 Å². The first kappa shape index (κ1) is 15.5. The van der Waals surface area contributed by atoms with Gasteiger partial charge in [-0.05, 0) is 50.0 Å². The van der Waals surface area contributed by atoms with Crippen molar-refractivity contribution in [1.29, 1.82) is 0 Å². The van der Waals surface area contributed by atoms with Crippen LogP contribution in [0, 0.1) is 5.92 Å². The maximum absolute atomic E-state index is 12.5. The molecule has 0 radical (unpaired) electrons. The van der Waals surface area contributed by atoms with Crippen LogP contribution in [-0.2, 0) is 4.79 Å². The van der Waals surface area contributed by atoms with Gasteiger partial charge < -0.3 is 10.2 Å². The van der Waals surface area contributed by atoms with E-state index in [-0.39, 0.29) is 0 Å². The highest BCUT2D eigenvalue weighted by Crippen LogP contribution is 2.37. The third-order valence-electron chi connectivity index (χ3n) is 5.40. The molecule has 1 saturated heterocycles. The number of carbonyl (C=O) groups excluding carboxylic acids is 1. The molecule has 3 nitrogen and oxygen atoms in total. The summed E-state index contributed by atoms with van der Waals surface area (Å²) in [6.07, 6.45) is 5.63. The molecule has 3 rings (SSSR count). The molecule has 1 aromatic carbocycles. The van der Waals surface area contributed by atoms with Crippen LogP contribution in [0.25, 0.3) is 0 Å². The Morgan fingerprint density at radius 1 is 1.18 bits per heavy atom. The largest absolute Gasteiger partial charge is 0.337 e. The van der Waals surface area contributed by atoms with Gasteiger partial charge in [-0.15, -0.1) is 0 Å². The van der Waals surface area contributed by atoms with Crippen molar-refractivity contribution in [3.8, 4) is 0 Å². The SMILES string of the molecule is CC1CNCCN1C(=O)CC1CCC(c2ccccc2)CC1. The Bertz CT molecular complexity index is 479. The van der Waals surface area contributed by atoms with Crippen molar-refractivity contribution in [3.05, 3.63) is 35.9 Å². The molecule has 1 aromatic rings. The van der Waals surface area contributed by atoms with E-state index in [4.69, 9.17) is 0 Å². The summed E-state index contributed by atoms with van der Waals surface area (Å²) in [6, 6.07) is 11.2. The molecular formula is C19H28N2O. The minimum absolute atomic E-state index is 0.349. The van der Waals surface area contributed by atoms with E-state index in [2.05, 4.69) is 47.5 Å². The minimum atomic E-state index is 0.349. The monoisotopic (exact) mass is 300 g/mol. The lowest BCUT2D eigenvalue weighted by atomic mass is 9.77. The summed E-state index contributed by atoms with van der Waals surface area (Å²) in [5.74, 6) is 1.66. The van der Waals surface area contributed by atoms with E-state index in [9.17, 15) is 4.79 Å². The highest BCUT2D eigenvalue weighted by Gasteiger charge is 2.28. The van der Waals surface area contributed by atoms with Crippen LogP contribution < -0.4 is 5.32 Å². The van der Waals surface area contributed by atoms with Crippen molar-refractivity contribution in [2.24, 2.45) is 5.92 Å². The summed E-state index contributed by atoms with van der Waals surface area (Å²) >= 11 is 0. The second-order valence-corrected chi connectivity index (χ2v) is 6.97. The van der Waals surface area contributed by atoms with Crippen molar-refractivity contribution in [2.45, 2.75) is 51.0 Å². The van der Waals surface area contributed by atoms with Gasteiger partial charge in [0.05, 0.1) is 0 Å². The molecule has 1 amide bonds. The van der Waals surface area contributed by atoms with Crippen LogP contribution in [-0.4, -0.2) is 36.5 Å². The summed E-state index contributed by atoms with van der Waals surface area (Å²) < 4.78 is 0. The van der Waals surface area contributed by atoms with Gasteiger partial charge in [0, 0.05) is 32.1 Å². The van der Waals surface area contributed by atoms with Crippen LogP contribution in [0.5, 0.6) is 0 Å². The number of amides is 1. The molecule has 0 aromatic heterocycles. The van der Waals surface area contributed by atoms with Crippen LogP contribution in [0.4, 0.5) is 0 Å². The zero-order chi connectivity index (χ0) is 15.4. The van der Waals surface area contributed by atoms with Gasteiger partial charge in [0.25, 0.3) is 0 Å². The highest BCUT2D eigenvalue weighted by atomic mass is 16.2. The third kappa shape index (κ3) is 3.70. The summed E-state index contributed by atoms with van der Waals surface area (Å²) in [5, 5.41) is 3.35. The van der Waals surface area contributed by atoms with Gasteiger partial charge in [0.1, 0.15) is 0 Å². The van der Waals surface area contributed by atoms with Crippen LogP contribution in [0.15, 0.2) is 30.3 Å². The number of hydrogen-bond acceptors (Lipinski definition) is 2. The molecule has 2 aliphatic rings. The number of carbonyl (C=O) groups is 1. The predicted octanol–water partition coefficient (Wildman–Crippen LogP) is 3.17. The minimum Gasteiger partial charge on any atom is -0.337 e. The average Bonchev–Trinajstić information content (AvgIpc) is 2.57. The molecule has 3 heteroatoms. The van der Waals surface area contributed by atoms with E-state index in [0.29, 0.717) is 23.8 Å². The van der Waals surface area contributed by atoms with Gasteiger partial charge in [0.15, 0.2) is 0 Å². The highest BCUT2D eigenvalue weighted by molar-refractivity contribution is 5.77. The first-order valence-electron chi connectivity index (χ1n) is 8.79. The molecule has 1 N–H and O–H groups in total. The molecule has 1 saturated carbocycles. The van der Waals surface area contributed by atoms with Crippen molar-refractivity contribution in [2.75, 3.05) is 19.6 Å². The maximum Gasteiger partial charge on any atom is 0.223 e. The Morgan fingerprint density at radius 2 is 1.91 bits per heavy atom. The van der Waals surface area contributed by atoms with Crippen molar-refractivity contribution in [3.63, 3.8) is 0 Å². The van der Waals surface area contributed by atoms with Gasteiger partial charge >= 0.3 is 0 Å². The fourth-order valence-electron chi connectivity index (χ4n) is 4.00. The molecule has 1 aliphatic carbocycles. The van der Waals surface area contributed by atoms with E-state index >= 15 is 0 Å². The lowest BCUT2D eigenvalue weighted by molar-refractivity contribution is -0.135. The lowest BCUT2D eigenvalue weighted by Crippen LogP contribution is -2.52. The van der Waals surface area contributed by atoms with Gasteiger partial charge in [-0.1, -0.05) is 30.3 Å². The molecule has 1 aliphatic heterocycles. The zero-order valence-electron chi connectivity index (χ0n) is 13.6. The summed E-state index contributed by atoms with van der Waals surface area (Å²) in [6.45, 7) is 4.90. The van der Waals surface area contributed by atoms with E-state index in [1.165, 1.54) is 31.2 Å². The number of benzene rings is 1. The normalized spacial score (nSPS) is 29.3. The summed E-state index contributed by atoms with van der Waals surface area (Å²) in [5.41, 5.74) is 1.48. The summed E-state index contributed by atoms with van der Waals surface area (Å²) in [4.78, 5) is 14.6. The number of nitrogens with zero attached hydrogens (tertiary/aromatic N) is 1. The third-order valence-corrected chi connectivity index (χ3v) is 5.40. The van der Waals surface area contributed by atoms with Gasteiger partial charge in [-0.3, -0.25) is 4.79 Å². The van der Waals surface area contributed by atoms with Crippen molar-refractivity contribution < 1.29 is 4.79 Å². The molecule has 1 atom stereocenters. The fourth-order valence-corrected chi connectivity index (χ4v) is 4.00. The number of piperazine rings is 1. The molecule has 1 heterocycles. The Kier molecular flexibility index (Phi) is 5.14. The Labute approximate surface area is 134 Å². The van der Waals surface area contributed by atoms with Gasteiger partial charge in [-0.2, -0.15) is 0 Å². The molecule has 2 fully saturated rings. The number of rotatable bonds is 3. The Morgan fingerprint density at radius 3 is 2.59 bits per heavy atom. The fraction of sp³-hybridized carbons (Fsp3) is 0.632. The van der Waals surface area contributed by atoms with Gasteiger partial charge in [0.2, 0.25) is 5.91 Å². The van der Waals surface area contributed by atoms with Crippen molar-refractivity contribution >= 4 is 5.91 Å². The lowest BCUT2D eigenvalue weighted by Gasteiger charge is -2.36. The van der Waals surface area contributed by atoms with Crippen LogP contribution in [0.1, 0.15) is 50.5 Å². The van der Waals surface area contributed by atoms with E-state index in [1.807, 2.05) is 0 Å². The van der Waals surface area contributed by atoms with E-state index in [0.717, 1.165) is 26.1 Å². The second-order valence-electron chi connectivity index (χ2n) is 6.97. The predicted molar refractivity (Wildman–Crippen MR) is 89.8 cm³/mol. The molecule has 0 spiro atoms. The zero-order valence-corrected chi connectivity index (χ0v) is 13.6. The Balaban J connectivity index is 1.48. The van der Waals surface area contributed by atoms with Crippen molar-refractivity contribution in [1.82, 2.24) is 10.2 Å². The van der Waals surface area contributed by atoms with E-state index < -0.39 is 0 Å². The number of nitrogens with one attached hydrogen (secondary N) is 1. The van der Waals surface area contributed by atoms with E-state index in [1.54, 1.807) is 0 Å². The van der Waals surface area contributed by atoms with Gasteiger partial charge in [-0.25, -0.2) is 0 Å². The molecule has 1 unspecified atom stereocenters. The topological polar surface area (TPSA) is 32.3 Å². The molecule has 22 heavy (non-hydrogen) atoms.